The van der Waals surface area contributed by atoms with Crippen LogP contribution in [-0.4, -0.2) is 64.3 Å². The predicted molar refractivity (Wildman–Crippen MR) is 167 cm³/mol. The number of hydrogen-bond acceptors (Lipinski definition) is 9. The number of methoxy groups -OCH3 is 1. The van der Waals surface area contributed by atoms with Gasteiger partial charge in [-0.05, 0) is 65.2 Å². The number of carbonyl (C=O) groups excluding carboxylic acids is 2. The Hall–Kier alpha value is -5.01. The Morgan fingerprint density at radius 1 is 1.16 bits per heavy atom. The summed E-state index contributed by atoms with van der Waals surface area (Å²) in [6.07, 6.45) is 8.75. The van der Waals surface area contributed by atoms with Gasteiger partial charge in [-0.15, -0.1) is 5.10 Å². The molecule has 0 unspecified atom stereocenters. The zero-order chi connectivity index (χ0) is 31.6. The normalized spacial score (nSPS) is 14.8. The molecule has 3 heterocycles. The molecule has 1 aliphatic rings. The van der Waals surface area contributed by atoms with Crippen LogP contribution in [0.2, 0.25) is 5.02 Å². The van der Waals surface area contributed by atoms with Gasteiger partial charge in [0.2, 0.25) is 12.1 Å². The van der Waals surface area contributed by atoms with Gasteiger partial charge >= 0.3 is 6.09 Å². The Kier molecular flexibility index (Phi) is 10.6. The fraction of sp³-hybridized carbons (Fsp3) is 0.290. The number of rotatable bonds is 8. The number of aromatic nitrogens is 5. The molecule has 0 saturated heterocycles. The highest BCUT2D eigenvalue weighted by molar-refractivity contribution is 6.30. The maximum Gasteiger partial charge on any atom is 0.411 e. The summed E-state index contributed by atoms with van der Waals surface area (Å²) < 4.78 is 12.6. The van der Waals surface area contributed by atoms with Crippen molar-refractivity contribution in [2.75, 3.05) is 37.5 Å². The van der Waals surface area contributed by atoms with E-state index in [-0.39, 0.29) is 12.5 Å². The van der Waals surface area contributed by atoms with Crippen molar-refractivity contribution in [3.63, 3.8) is 0 Å². The third-order valence-corrected chi connectivity index (χ3v) is 7.45. The molecule has 1 atom stereocenters. The van der Waals surface area contributed by atoms with E-state index in [0.717, 1.165) is 47.4 Å². The zero-order valence-corrected chi connectivity index (χ0v) is 25.4. The van der Waals surface area contributed by atoms with Crippen LogP contribution >= 0.6 is 11.6 Å². The highest BCUT2D eigenvalue weighted by Gasteiger charge is 2.26. The van der Waals surface area contributed by atoms with Gasteiger partial charge in [-0.1, -0.05) is 30.5 Å². The Labute approximate surface area is 264 Å². The molecule has 14 heteroatoms. The minimum absolute atomic E-state index is 0.148. The molecule has 2 aromatic carbocycles. The van der Waals surface area contributed by atoms with Crippen LogP contribution in [0.5, 0.6) is 0 Å². The highest BCUT2D eigenvalue weighted by Crippen LogP contribution is 2.33. The van der Waals surface area contributed by atoms with Crippen LogP contribution in [0.25, 0.3) is 22.9 Å². The SMILES string of the molecule is COCCOC(=O)Nc1ccc2c(c1)NCCCCC[C@H](NC(=O)/C=C/c1cc(Cl)ccc1-n1cnnn1)c1cc-2cc[n+]1O. The van der Waals surface area contributed by atoms with Gasteiger partial charge in [0, 0.05) is 64.1 Å². The second-order valence-electron chi connectivity index (χ2n) is 10.3. The van der Waals surface area contributed by atoms with E-state index < -0.39 is 12.1 Å². The number of carbonyl (C=O) groups is 2. The molecule has 2 aromatic heterocycles. The van der Waals surface area contributed by atoms with Crippen LogP contribution in [0, 0.1) is 0 Å². The first-order valence-electron chi connectivity index (χ1n) is 14.5. The third kappa shape index (κ3) is 8.34. The molecule has 4 N–H and O–H groups in total. The average Bonchev–Trinajstić information content (AvgIpc) is 3.56. The number of halogens is 1. The Bertz CT molecular complexity index is 1660. The molecule has 2 bridgehead atoms. The first kappa shape index (κ1) is 31.4. The van der Waals surface area contributed by atoms with E-state index in [2.05, 4.69) is 31.5 Å². The van der Waals surface area contributed by atoms with Gasteiger partial charge < -0.3 is 20.1 Å². The summed E-state index contributed by atoms with van der Waals surface area (Å²) in [6, 6.07) is 13.9. The van der Waals surface area contributed by atoms with Gasteiger partial charge in [0.05, 0.1) is 12.3 Å². The molecule has 0 aliphatic carbocycles. The fourth-order valence-electron chi connectivity index (χ4n) is 5.02. The van der Waals surface area contributed by atoms with Crippen LogP contribution in [0.15, 0.2) is 67.1 Å². The summed E-state index contributed by atoms with van der Waals surface area (Å²) >= 11 is 6.22. The van der Waals surface area contributed by atoms with Crippen molar-refractivity contribution < 1.29 is 29.0 Å². The lowest BCUT2D eigenvalue weighted by Gasteiger charge is -2.19. The second kappa shape index (κ2) is 15.1. The summed E-state index contributed by atoms with van der Waals surface area (Å²) in [4.78, 5) is 25.4. The minimum Gasteiger partial charge on any atom is -0.447 e. The van der Waals surface area contributed by atoms with E-state index in [1.807, 2.05) is 18.2 Å². The Balaban J connectivity index is 1.38. The van der Waals surface area contributed by atoms with E-state index in [0.29, 0.717) is 40.7 Å². The van der Waals surface area contributed by atoms with Crippen molar-refractivity contribution in [3.8, 4) is 16.8 Å². The molecule has 5 rings (SSSR count). The fourth-order valence-corrected chi connectivity index (χ4v) is 5.20. The molecule has 13 nitrogen and oxygen atoms in total. The number of fused-ring (bicyclic) bond motifs is 4. The van der Waals surface area contributed by atoms with Crippen molar-refractivity contribution in [1.29, 1.82) is 0 Å². The lowest BCUT2D eigenvalue weighted by Crippen LogP contribution is -2.41. The lowest BCUT2D eigenvalue weighted by molar-refractivity contribution is -0.910. The van der Waals surface area contributed by atoms with Gasteiger partial charge in [-0.2, -0.15) is 4.68 Å². The molecule has 1 aliphatic heterocycles. The number of tetrazole rings is 1. The van der Waals surface area contributed by atoms with Crippen LogP contribution in [0.3, 0.4) is 0 Å². The summed E-state index contributed by atoms with van der Waals surface area (Å²) in [6.45, 7) is 1.18. The Morgan fingerprint density at radius 3 is 2.87 bits per heavy atom. The van der Waals surface area contributed by atoms with Crippen LogP contribution < -0.4 is 20.7 Å². The van der Waals surface area contributed by atoms with Gasteiger partial charge in [-0.25, -0.2) is 4.79 Å². The number of benzene rings is 2. The van der Waals surface area contributed by atoms with Gasteiger partial charge in [0.25, 0.3) is 5.69 Å². The van der Waals surface area contributed by atoms with Crippen molar-refractivity contribution in [2.24, 2.45) is 0 Å². The molecule has 0 spiro atoms. The largest absolute Gasteiger partial charge is 0.447 e. The van der Waals surface area contributed by atoms with Crippen molar-refractivity contribution in [1.82, 2.24) is 25.5 Å². The quantitative estimate of drug-likeness (QED) is 0.0945. The second-order valence-corrected chi connectivity index (χ2v) is 10.8. The molecule has 0 fully saturated rings. The van der Waals surface area contributed by atoms with Gasteiger partial charge in [-0.3, -0.25) is 15.3 Å². The number of anilines is 2. The average molecular weight is 634 g/mol. The van der Waals surface area contributed by atoms with Gasteiger partial charge in [0.15, 0.2) is 0 Å². The Morgan fingerprint density at radius 2 is 2.04 bits per heavy atom. The lowest BCUT2D eigenvalue weighted by atomic mass is 9.98. The summed E-state index contributed by atoms with van der Waals surface area (Å²) in [5.41, 5.74) is 4.93. The topological polar surface area (TPSA) is 156 Å². The molecule has 4 aromatic rings. The van der Waals surface area contributed by atoms with E-state index in [4.69, 9.17) is 21.1 Å². The molecule has 0 saturated carbocycles. The zero-order valence-electron chi connectivity index (χ0n) is 24.6. The molecular formula is C31H34ClN8O5+. The molecule has 2 amide bonds. The third-order valence-electron chi connectivity index (χ3n) is 7.22. The first-order chi connectivity index (χ1) is 21.9. The van der Waals surface area contributed by atoms with E-state index in [1.165, 1.54) is 24.2 Å². The van der Waals surface area contributed by atoms with Crippen molar-refractivity contribution in [3.05, 3.63) is 83.4 Å². The van der Waals surface area contributed by atoms with E-state index in [1.54, 1.807) is 42.6 Å². The number of ether oxygens (including phenoxy) is 2. The van der Waals surface area contributed by atoms with Crippen molar-refractivity contribution >= 4 is 41.1 Å². The predicted octanol–water partition coefficient (Wildman–Crippen LogP) is 4.56. The summed E-state index contributed by atoms with van der Waals surface area (Å²) in [5, 5.41) is 31.9. The number of hydrogen-bond donors (Lipinski definition) is 4. The monoisotopic (exact) mass is 633 g/mol. The molecular weight excluding hydrogens is 600 g/mol. The van der Waals surface area contributed by atoms with Crippen molar-refractivity contribution in [2.45, 2.75) is 31.7 Å². The number of nitrogens with zero attached hydrogens (tertiary/aromatic N) is 5. The van der Waals surface area contributed by atoms with Gasteiger partial charge in [0.1, 0.15) is 19.0 Å². The van der Waals surface area contributed by atoms with E-state index in [9.17, 15) is 14.8 Å². The smallest absolute Gasteiger partial charge is 0.411 e. The maximum atomic E-state index is 13.2. The number of amides is 2. The first-order valence-corrected chi connectivity index (χ1v) is 14.9. The number of pyridine rings is 1. The maximum absolute atomic E-state index is 13.2. The molecule has 234 valence electrons. The molecule has 0 radical (unpaired) electrons. The summed E-state index contributed by atoms with van der Waals surface area (Å²) in [5.74, 6) is -0.338. The van der Waals surface area contributed by atoms with E-state index >= 15 is 0 Å². The van der Waals surface area contributed by atoms with Crippen LogP contribution in [0.1, 0.15) is 43.0 Å². The number of nitrogens with one attached hydrogen (secondary N) is 3. The molecule has 45 heavy (non-hydrogen) atoms. The van der Waals surface area contributed by atoms with Crippen LogP contribution in [-0.2, 0) is 14.3 Å². The summed E-state index contributed by atoms with van der Waals surface area (Å²) in [7, 11) is 1.54. The minimum atomic E-state index is -0.571. The van der Waals surface area contributed by atoms with Crippen LogP contribution in [0.4, 0.5) is 16.2 Å². The standard InChI is InChI=1S/C31H33ClN8O5/c1-44-15-16-45-31(42)35-24-8-9-25-21-12-14-40(43)29(18-21)26(5-3-2-4-13-33-27(25)19-24)36-30(41)11-6-22-17-23(32)7-10-28(22)39-20-34-37-38-39/h6-12,14,17-20,26,43H,2-5,13,15-16H2,1H3,(H2,33,35,36,41,42)/p+1/b11-6+,25-21?/t26-/m0/s1. The highest BCUT2D eigenvalue weighted by atomic mass is 35.5.